The maximum absolute atomic E-state index is 11.3. The minimum Gasteiger partial charge on any atom is -0.619 e. The first-order valence-electron chi connectivity index (χ1n) is 14.4. The van der Waals surface area contributed by atoms with Crippen LogP contribution in [0.3, 0.4) is 0 Å². The van der Waals surface area contributed by atoms with Crippen molar-refractivity contribution in [3.8, 4) is 11.3 Å². The minimum absolute atomic E-state index is 0.512. The van der Waals surface area contributed by atoms with Crippen LogP contribution >= 0.6 is 31.9 Å². The van der Waals surface area contributed by atoms with E-state index in [0.29, 0.717) is 18.9 Å². The van der Waals surface area contributed by atoms with Crippen molar-refractivity contribution in [2.24, 2.45) is 0 Å². The molecule has 0 aliphatic rings. The number of nitrogens with one attached hydrogen (secondary N) is 2. The number of pyridine rings is 2. The fourth-order valence-corrected chi connectivity index (χ4v) is 5.34. The van der Waals surface area contributed by atoms with Gasteiger partial charge in [0.1, 0.15) is 17.5 Å². The van der Waals surface area contributed by atoms with E-state index >= 15 is 0 Å². The highest BCUT2D eigenvalue weighted by Crippen LogP contribution is 2.26. The summed E-state index contributed by atoms with van der Waals surface area (Å²) < 4.78 is 6.03. The Morgan fingerprint density at radius 1 is 0.804 bits per heavy atom. The van der Waals surface area contributed by atoms with Crippen LogP contribution in [0.25, 0.3) is 22.6 Å². The van der Waals surface area contributed by atoms with Crippen molar-refractivity contribution in [1.29, 1.82) is 0 Å². The second-order valence-electron chi connectivity index (χ2n) is 10.2. The number of nitrogens with two attached hydrogens (primary N) is 1. The van der Waals surface area contributed by atoms with Crippen molar-refractivity contribution in [1.82, 2.24) is 34.2 Å². The molecular formula is C32H29Br2N11O. The molecule has 6 heterocycles. The Balaban J connectivity index is 0.000000164. The van der Waals surface area contributed by atoms with E-state index in [1.54, 1.807) is 46.0 Å². The fraction of sp³-hybridized carbons (Fsp3) is 0.125. The van der Waals surface area contributed by atoms with Crippen LogP contribution in [0.4, 0.5) is 17.5 Å². The smallest absolute Gasteiger partial charge is 0.185 e. The molecule has 0 amide bonds. The normalized spacial score (nSPS) is 10.9. The van der Waals surface area contributed by atoms with E-state index in [-0.39, 0.29) is 0 Å². The molecule has 0 aliphatic heterocycles. The number of fused-ring (bicyclic) bond motifs is 2. The average molecular weight is 743 g/mol. The van der Waals surface area contributed by atoms with Gasteiger partial charge in [-0.25, -0.2) is 15.0 Å². The summed E-state index contributed by atoms with van der Waals surface area (Å²) in [6.45, 7) is 3.21. The Morgan fingerprint density at radius 3 is 2.13 bits per heavy atom. The molecule has 0 aliphatic carbocycles. The maximum atomic E-state index is 11.3. The lowest BCUT2D eigenvalue weighted by Crippen LogP contribution is -2.25. The standard InChI is InChI=1S/C18H15BrN6.C14H14BrN5O/c19-14-11-23-25-17(22-10-12-6-7-16(20)21-9-12)8-15(24-18(14)25)13-4-2-1-3-5-13;1-2-11-6-13(20-14(18-11)12(15)8-17-20)16-7-10-4-3-5-19(21)9-10/h1-9,11,22H,10H2,(H2,20,21);3-6,8-9,16H,2,7H2,1H3. The molecule has 0 fully saturated rings. The number of anilines is 3. The van der Waals surface area contributed by atoms with Crippen molar-refractivity contribution in [2.45, 2.75) is 26.4 Å². The summed E-state index contributed by atoms with van der Waals surface area (Å²) in [6, 6.07) is 21.4. The van der Waals surface area contributed by atoms with E-state index in [4.69, 9.17) is 10.7 Å². The number of rotatable bonds is 8. The van der Waals surface area contributed by atoms with E-state index in [2.05, 4.69) is 69.6 Å². The summed E-state index contributed by atoms with van der Waals surface area (Å²) in [4.78, 5) is 13.4. The van der Waals surface area contributed by atoms with Crippen molar-refractivity contribution in [2.75, 3.05) is 16.4 Å². The number of hydrogen-bond acceptors (Lipinski definition) is 9. The van der Waals surface area contributed by atoms with E-state index in [1.165, 1.54) is 6.20 Å². The first-order valence-corrected chi connectivity index (χ1v) is 15.9. The summed E-state index contributed by atoms with van der Waals surface area (Å²) in [6.07, 6.45) is 9.08. The Morgan fingerprint density at radius 2 is 1.48 bits per heavy atom. The Labute approximate surface area is 281 Å². The molecule has 0 saturated carbocycles. The highest BCUT2D eigenvalue weighted by atomic mass is 79.9. The second kappa shape index (κ2) is 13.9. The average Bonchev–Trinajstić information content (AvgIpc) is 3.65. The van der Waals surface area contributed by atoms with Gasteiger partial charge in [-0.05, 0) is 56.0 Å². The molecule has 6 aromatic heterocycles. The van der Waals surface area contributed by atoms with Crippen LogP contribution in [0.5, 0.6) is 0 Å². The number of benzene rings is 1. The Hall–Kier alpha value is -5.08. The minimum atomic E-state index is 0.512. The lowest BCUT2D eigenvalue weighted by atomic mass is 10.1. The van der Waals surface area contributed by atoms with Crippen molar-refractivity contribution >= 4 is 60.6 Å². The molecule has 7 rings (SSSR count). The lowest BCUT2D eigenvalue weighted by molar-refractivity contribution is -0.605. The van der Waals surface area contributed by atoms with Crippen LogP contribution in [0, 0.1) is 5.21 Å². The van der Waals surface area contributed by atoms with Gasteiger partial charge < -0.3 is 21.6 Å². The molecule has 46 heavy (non-hydrogen) atoms. The molecule has 14 heteroatoms. The molecule has 0 bridgehead atoms. The summed E-state index contributed by atoms with van der Waals surface area (Å²) in [5, 5.41) is 26.7. The molecule has 0 unspecified atom stereocenters. The van der Waals surface area contributed by atoms with Gasteiger partial charge in [0, 0.05) is 54.3 Å². The topological polar surface area (TPSA) is 150 Å². The summed E-state index contributed by atoms with van der Waals surface area (Å²) >= 11 is 6.97. The van der Waals surface area contributed by atoms with Gasteiger partial charge >= 0.3 is 0 Å². The maximum Gasteiger partial charge on any atom is 0.185 e. The van der Waals surface area contributed by atoms with E-state index in [9.17, 15) is 5.21 Å². The molecule has 1 aromatic carbocycles. The summed E-state index contributed by atoms with van der Waals surface area (Å²) in [5.41, 5.74) is 12.0. The number of halogens is 2. The quantitative estimate of drug-likeness (QED) is 0.125. The molecule has 4 N–H and O–H groups in total. The Kier molecular flexibility index (Phi) is 9.36. The second-order valence-corrected chi connectivity index (χ2v) is 11.9. The van der Waals surface area contributed by atoms with E-state index in [1.807, 2.05) is 54.6 Å². The SMILES string of the molecule is CCc1cc(NCc2ccc[n+]([O-])c2)n2ncc(Br)c2n1.Nc1ccc(CNc2cc(-c3ccccc3)nc3c(Br)cnn23)cn1. The zero-order chi connectivity index (χ0) is 32.0. The Bertz CT molecular complexity index is 2100. The zero-order valence-electron chi connectivity index (χ0n) is 24.7. The molecular weight excluding hydrogens is 714 g/mol. The molecule has 0 atom stereocenters. The molecule has 0 saturated heterocycles. The van der Waals surface area contributed by atoms with Gasteiger partial charge in [-0.1, -0.05) is 43.3 Å². The summed E-state index contributed by atoms with van der Waals surface area (Å²) in [7, 11) is 0. The van der Waals surface area contributed by atoms with Crippen LogP contribution in [0.1, 0.15) is 23.7 Å². The van der Waals surface area contributed by atoms with Gasteiger partial charge in [0.05, 0.1) is 27.0 Å². The van der Waals surface area contributed by atoms with Crippen LogP contribution in [0.2, 0.25) is 0 Å². The fourth-order valence-electron chi connectivity index (χ4n) is 4.64. The lowest BCUT2D eigenvalue weighted by Gasteiger charge is -2.11. The highest BCUT2D eigenvalue weighted by Gasteiger charge is 2.12. The van der Waals surface area contributed by atoms with Gasteiger partial charge in [-0.2, -0.15) is 24.0 Å². The monoisotopic (exact) mass is 741 g/mol. The molecule has 232 valence electrons. The third-order valence-electron chi connectivity index (χ3n) is 6.97. The van der Waals surface area contributed by atoms with Crippen LogP contribution in [0.15, 0.2) is 107 Å². The third kappa shape index (κ3) is 7.08. The number of aromatic nitrogens is 8. The predicted octanol–water partition coefficient (Wildman–Crippen LogP) is 6.05. The number of nitrogen functional groups attached to an aromatic ring is 1. The van der Waals surface area contributed by atoms with E-state index < -0.39 is 0 Å². The first kappa shape index (κ1) is 30.9. The van der Waals surface area contributed by atoms with Crippen LogP contribution in [-0.4, -0.2) is 34.2 Å². The van der Waals surface area contributed by atoms with Gasteiger partial charge in [0.25, 0.3) is 0 Å². The first-order chi connectivity index (χ1) is 22.4. The number of hydrogen-bond donors (Lipinski definition) is 3. The van der Waals surface area contributed by atoms with Crippen molar-refractivity contribution in [3.63, 3.8) is 0 Å². The van der Waals surface area contributed by atoms with Gasteiger partial charge in [0.2, 0.25) is 0 Å². The zero-order valence-corrected chi connectivity index (χ0v) is 27.9. The predicted molar refractivity (Wildman–Crippen MR) is 185 cm³/mol. The van der Waals surface area contributed by atoms with Gasteiger partial charge in [0.15, 0.2) is 23.7 Å². The number of aryl methyl sites for hydroxylation is 1. The molecule has 0 spiro atoms. The largest absolute Gasteiger partial charge is 0.619 e. The van der Waals surface area contributed by atoms with Crippen LogP contribution in [-0.2, 0) is 19.5 Å². The van der Waals surface area contributed by atoms with E-state index in [0.717, 1.165) is 71.1 Å². The molecule has 0 radical (unpaired) electrons. The molecule has 7 aromatic rings. The van der Waals surface area contributed by atoms with Gasteiger partial charge in [-0.3, -0.25) is 0 Å². The van der Waals surface area contributed by atoms with Crippen LogP contribution < -0.4 is 21.1 Å². The third-order valence-corrected chi connectivity index (χ3v) is 8.09. The van der Waals surface area contributed by atoms with Gasteiger partial charge in [-0.15, -0.1) is 0 Å². The highest BCUT2D eigenvalue weighted by molar-refractivity contribution is 9.11. The number of nitrogens with zero attached hydrogens (tertiary/aromatic N) is 8. The summed E-state index contributed by atoms with van der Waals surface area (Å²) in [5.74, 6) is 2.22. The van der Waals surface area contributed by atoms with Crippen molar-refractivity contribution in [3.05, 3.63) is 129 Å². The molecule has 12 nitrogen and oxygen atoms in total. The van der Waals surface area contributed by atoms with Crippen molar-refractivity contribution < 1.29 is 4.73 Å².